The van der Waals surface area contributed by atoms with Crippen LogP contribution in [0.4, 0.5) is 5.82 Å². The zero-order valence-electron chi connectivity index (χ0n) is 16.8. The molecular formula is C21H27N3O4S. The van der Waals surface area contributed by atoms with Crippen molar-refractivity contribution in [3.8, 4) is 0 Å². The van der Waals surface area contributed by atoms with Crippen molar-refractivity contribution in [3.05, 3.63) is 47.7 Å². The van der Waals surface area contributed by atoms with Gasteiger partial charge in [0, 0.05) is 12.6 Å². The summed E-state index contributed by atoms with van der Waals surface area (Å²) in [6.45, 7) is 2.73. The Hall–Kier alpha value is -2.35. The Balaban J connectivity index is 1.64. The van der Waals surface area contributed by atoms with Crippen molar-refractivity contribution in [1.82, 2.24) is 9.78 Å². The summed E-state index contributed by atoms with van der Waals surface area (Å²) in [5, 5.41) is 4.03. The molecule has 1 saturated carbocycles. The molecule has 1 aliphatic heterocycles. The van der Waals surface area contributed by atoms with E-state index in [0.29, 0.717) is 6.54 Å². The lowest BCUT2D eigenvalue weighted by Crippen LogP contribution is -2.38. The van der Waals surface area contributed by atoms with Gasteiger partial charge in [-0.2, -0.15) is 5.10 Å². The molecule has 0 N–H and O–H groups in total. The van der Waals surface area contributed by atoms with Crippen molar-refractivity contribution in [1.29, 1.82) is 0 Å². The Labute approximate surface area is 171 Å². The van der Waals surface area contributed by atoms with E-state index in [4.69, 9.17) is 4.74 Å². The highest BCUT2D eigenvalue weighted by molar-refractivity contribution is 7.92. The minimum atomic E-state index is -3.26. The van der Waals surface area contributed by atoms with Crippen LogP contribution in [0, 0.1) is 12.8 Å². The molecular weight excluding hydrogens is 390 g/mol. The third kappa shape index (κ3) is 4.32. The van der Waals surface area contributed by atoms with Crippen molar-refractivity contribution >= 4 is 21.6 Å². The fraction of sp³-hybridized carbons (Fsp3) is 0.524. The van der Waals surface area contributed by atoms with Crippen LogP contribution >= 0.6 is 0 Å². The standard InChI is InChI=1S/C21H27N3O4S/c1-15-10-20(24(22-15)12-16-6-4-3-5-7-16)23-13-18(11-19(23)21(25)28-2)29(26,27)14-17-8-9-17/h3-7,10,17-19H,8-9,11-14H2,1-2H3. The molecule has 2 heterocycles. The van der Waals surface area contributed by atoms with E-state index in [1.165, 1.54) is 7.11 Å². The summed E-state index contributed by atoms with van der Waals surface area (Å²) in [5.74, 6) is 0.864. The molecule has 1 aromatic heterocycles. The number of aromatic nitrogens is 2. The minimum Gasteiger partial charge on any atom is -0.467 e. The van der Waals surface area contributed by atoms with Crippen molar-refractivity contribution in [2.75, 3.05) is 24.3 Å². The first-order chi connectivity index (χ1) is 13.9. The highest BCUT2D eigenvalue weighted by Crippen LogP contribution is 2.35. The van der Waals surface area contributed by atoms with Gasteiger partial charge in [0.15, 0.2) is 9.84 Å². The SMILES string of the molecule is COC(=O)C1CC(S(=O)(=O)CC2CC2)CN1c1cc(C)nn1Cc1ccccc1. The van der Waals surface area contributed by atoms with E-state index in [2.05, 4.69) is 5.10 Å². The number of rotatable bonds is 7. The van der Waals surface area contributed by atoms with Crippen LogP contribution in [-0.4, -0.2) is 54.9 Å². The molecule has 0 amide bonds. The molecule has 1 saturated heterocycles. The molecule has 0 bridgehead atoms. The number of carbonyl (C=O) groups is 1. The van der Waals surface area contributed by atoms with Gasteiger partial charge in [-0.05, 0) is 37.7 Å². The zero-order chi connectivity index (χ0) is 20.6. The number of ether oxygens (including phenoxy) is 1. The average Bonchev–Trinajstić information content (AvgIpc) is 3.25. The Morgan fingerprint density at radius 1 is 1.24 bits per heavy atom. The summed E-state index contributed by atoms with van der Waals surface area (Å²) in [4.78, 5) is 14.4. The topological polar surface area (TPSA) is 81.5 Å². The molecule has 2 fully saturated rings. The smallest absolute Gasteiger partial charge is 0.328 e. The second-order valence-corrected chi connectivity index (χ2v) is 10.4. The summed E-state index contributed by atoms with van der Waals surface area (Å²) in [6, 6.07) is 11.2. The van der Waals surface area contributed by atoms with Gasteiger partial charge in [-0.1, -0.05) is 30.3 Å². The van der Waals surface area contributed by atoms with Crippen molar-refractivity contribution in [3.63, 3.8) is 0 Å². The van der Waals surface area contributed by atoms with Crippen LogP contribution in [0.5, 0.6) is 0 Å². The molecule has 0 radical (unpaired) electrons. The number of sulfone groups is 1. The molecule has 7 nitrogen and oxygen atoms in total. The lowest BCUT2D eigenvalue weighted by atomic mass is 10.2. The van der Waals surface area contributed by atoms with Gasteiger partial charge in [-0.15, -0.1) is 0 Å². The van der Waals surface area contributed by atoms with Gasteiger partial charge >= 0.3 is 5.97 Å². The van der Waals surface area contributed by atoms with Gasteiger partial charge in [0.05, 0.1) is 30.4 Å². The number of methoxy groups -OCH3 is 1. The maximum atomic E-state index is 12.9. The Bertz CT molecular complexity index is 983. The maximum Gasteiger partial charge on any atom is 0.328 e. The highest BCUT2D eigenvalue weighted by atomic mass is 32.2. The van der Waals surface area contributed by atoms with Crippen LogP contribution in [0.3, 0.4) is 0 Å². The molecule has 8 heteroatoms. The number of hydrogen-bond acceptors (Lipinski definition) is 6. The van der Waals surface area contributed by atoms with E-state index >= 15 is 0 Å². The molecule has 156 valence electrons. The van der Waals surface area contributed by atoms with Gasteiger partial charge < -0.3 is 9.64 Å². The van der Waals surface area contributed by atoms with Crippen LogP contribution in [0.1, 0.15) is 30.5 Å². The quantitative estimate of drug-likeness (QED) is 0.643. The predicted octanol–water partition coefficient (Wildman–Crippen LogP) is 2.18. The Morgan fingerprint density at radius 3 is 2.62 bits per heavy atom. The first-order valence-corrected chi connectivity index (χ1v) is 11.7. The molecule has 1 aromatic carbocycles. The van der Waals surface area contributed by atoms with Crippen molar-refractivity contribution in [2.24, 2.45) is 5.92 Å². The average molecular weight is 418 g/mol. The van der Waals surface area contributed by atoms with Crippen LogP contribution in [0.25, 0.3) is 0 Å². The zero-order valence-corrected chi connectivity index (χ0v) is 17.6. The fourth-order valence-electron chi connectivity index (χ4n) is 4.06. The summed E-state index contributed by atoms with van der Waals surface area (Å²) in [7, 11) is -1.91. The molecule has 0 spiro atoms. The Kier molecular flexibility index (Phi) is 5.38. The number of carbonyl (C=O) groups excluding carboxylic acids is 1. The van der Waals surface area contributed by atoms with Crippen molar-refractivity contribution in [2.45, 2.75) is 44.0 Å². The second kappa shape index (κ2) is 7.82. The minimum absolute atomic E-state index is 0.224. The van der Waals surface area contributed by atoms with Gasteiger partial charge in [0.25, 0.3) is 0 Å². The van der Waals surface area contributed by atoms with E-state index in [0.717, 1.165) is 29.9 Å². The van der Waals surface area contributed by atoms with Crippen LogP contribution in [-0.2, 0) is 25.9 Å². The van der Waals surface area contributed by atoms with Gasteiger partial charge in [-0.3, -0.25) is 0 Å². The number of hydrogen-bond donors (Lipinski definition) is 0. The van der Waals surface area contributed by atoms with Gasteiger partial charge in [0.2, 0.25) is 0 Å². The lowest BCUT2D eigenvalue weighted by molar-refractivity contribution is -0.141. The molecule has 2 aromatic rings. The number of esters is 1. The van der Waals surface area contributed by atoms with Gasteiger partial charge in [-0.25, -0.2) is 17.9 Å². The van der Waals surface area contributed by atoms with Crippen molar-refractivity contribution < 1.29 is 17.9 Å². The number of anilines is 1. The predicted molar refractivity (Wildman–Crippen MR) is 111 cm³/mol. The lowest BCUT2D eigenvalue weighted by Gasteiger charge is -2.25. The molecule has 1 aliphatic carbocycles. The van der Waals surface area contributed by atoms with E-state index in [-0.39, 0.29) is 24.6 Å². The van der Waals surface area contributed by atoms with Crippen LogP contribution in [0.2, 0.25) is 0 Å². The summed E-state index contributed by atoms with van der Waals surface area (Å²) in [6.07, 6.45) is 2.23. The van der Waals surface area contributed by atoms with E-state index in [9.17, 15) is 13.2 Å². The third-order valence-corrected chi connectivity index (χ3v) is 8.05. The maximum absolute atomic E-state index is 12.9. The van der Waals surface area contributed by atoms with Gasteiger partial charge in [0.1, 0.15) is 11.9 Å². The number of nitrogens with zero attached hydrogens (tertiary/aromatic N) is 3. The normalized spacial score (nSPS) is 22.1. The van der Waals surface area contributed by atoms with E-state index in [1.807, 2.05) is 52.9 Å². The molecule has 29 heavy (non-hydrogen) atoms. The van der Waals surface area contributed by atoms with E-state index in [1.54, 1.807) is 0 Å². The second-order valence-electron chi connectivity index (χ2n) is 8.11. The first-order valence-electron chi connectivity index (χ1n) is 10.0. The largest absolute Gasteiger partial charge is 0.467 e. The number of aryl methyl sites for hydroxylation is 1. The third-order valence-electron chi connectivity index (χ3n) is 5.76. The molecule has 4 rings (SSSR count). The van der Waals surface area contributed by atoms with Crippen LogP contribution < -0.4 is 4.90 Å². The first kappa shape index (κ1) is 19.9. The molecule has 2 unspecified atom stereocenters. The monoisotopic (exact) mass is 417 g/mol. The fourth-order valence-corrected chi connectivity index (χ4v) is 6.18. The summed E-state index contributed by atoms with van der Waals surface area (Å²) in [5.41, 5.74) is 1.91. The summed E-state index contributed by atoms with van der Waals surface area (Å²) < 4.78 is 32.6. The van der Waals surface area contributed by atoms with E-state index < -0.39 is 27.1 Å². The number of benzene rings is 1. The Morgan fingerprint density at radius 2 is 1.97 bits per heavy atom. The highest BCUT2D eigenvalue weighted by Gasteiger charge is 2.45. The summed E-state index contributed by atoms with van der Waals surface area (Å²) >= 11 is 0. The molecule has 2 aliphatic rings. The molecule has 2 atom stereocenters. The van der Waals surface area contributed by atoms with Crippen LogP contribution in [0.15, 0.2) is 36.4 Å².